The van der Waals surface area contributed by atoms with Crippen LogP contribution in [-0.4, -0.2) is 26.7 Å². The lowest BCUT2D eigenvalue weighted by Crippen LogP contribution is -2.33. The molecule has 0 aliphatic carbocycles. The van der Waals surface area contributed by atoms with Crippen LogP contribution in [0.25, 0.3) is 0 Å². The van der Waals surface area contributed by atoms with Gasteiger partial charge >= 0.3 is 6.03 Å². The Morgan fingerprint density at radius 3 is 2.53 bits per heavy atom. The van der Waals surface area contributed by atoms with Crippen LogP contribution in [0.3, 0.4) is 0 Å². The first-order valence-electron chi connectivity index (χ1n) is 4.84. The van der Waals surface area contributed by atoms with Gasteiger partial charge in [-0.2, -0.15) is 0 Å². The Morgan fingerprint density at radius 1 is 1.33 bits per heavy atom. The van der Waals surface area contributed by atoms with Gasteiger partial charge in [-0.1, -0.05) is 12.1 Å². The summed E-state index contributed by atoms with van der Waals surface area (Å²) < 4.78 is 5.05. The molecule has 0 heterocycles. The molecule has 2 amide bonds. The number of benzene rings is 1. The predicted octanol–water partition coefficient (Wildman–Crippen LogP) is 1.17. The van der Waals surface area contributed by atoms with E-state index < -0.39 is 0 Å². The highest BCUT2D eigenvalue weighted by Gasteiger charge is 1.97. The molecule has 0 aliphatic rings. The second-order valence-electron chi connectivity index (χ2n) is 3.10. The summed E-state index contributed by atoms with van der Waals surface area (Å²) in [7, 11) is 3.24. The zero-order valence-electron chi connectivity index (χ0n) is 9.04. The molecule has 0 unspecified atom stereocenters. The van der Waals surface area contributed by atoms with Gasteiger partial charge < -0.3 is 15.4 Å². The summed E-state index contributed by atoms with van der Waals surface area (Å²) in [6.07, 6.45) is 0.817. The maximum absolute atomic E-state index is 10.9. The quantitative estimate of drug-likeness (QED) is 0.780. The number of urea groups is 1. The second kappa shape index (κ2) is 5.90. The summed E-state index contributed by atoms with van der Waals surface area (Å²) in [6, 6.07) is 7.66. The van der Waals surface area contributed by atoms with Gasteiger partial charge in [-0.15, -0.1) is 0 Å². The van der Waals surface area contributed by atoms with E-state index in [0.717, 1.165) is 12.2 Å². The van der Waals surface area contributed by atoms with Crippen LogP contribution in [0, 0.1) is 0 Å². The van der Waals surface area contributed by atoms with Crippen LogP contribution in [-0.2, 0) is 6.42 Å². The highest BCUT2D eigenvalue weighted by molar-refractivity contribution is 5.73. The Hall–Kier alpha value is -1.71. The van der Waals surface area contributed by atoms with Crippen molar-refractivity contribution in [2.75, 3.05) is 20.7 Å². The smallest absolute Gasteiger partial charge is 0.314 e. The zero-order chi connectivity index (χ0) is 11.1. The first kappa shape index (κ1) is 11.4. The third-order valence-electron chi connectivity index (χ3n) is 2.09. The number of nitrogens with one attached hydrogen (secondary N) is 2. The summed E-state index contributed by atoms with van der Waals surface area (Å²) >= 11 is 0. The van der Waals surface area contributed by atoms with Gasteiger partial charge in [-0.3, -0.25) is 0 Å². The van der Waals surface area contributed by atoms with Crippen LogP contribution in [0.1, 0.15) is 5.56 Å². The van der Waals surface area contributed by atoms with E-state index in [1.165, 1.54) is 5.56 Å². The van der Waals surface area contributed by atoms with E-state index in [4.69, 9.17) is 4.74 Å². The fraction of sp³-hybridized carbons (Fsp3) is 0.364. The molecular weight excluding hydrogens is 192 g/mol. The van der Waals surface area contributed by atoms with E-state index in [1.54, 1.807) is 14.2 Å². The predicted molar refractivity (Wildman–Crippen MR) is 59.2 cm³/mol. The average Bonchev–Trinajstić information content (AvgIpc) is 2.29. The van der Waals surface area contributed by atoms with Crippen molar-refractivity contribution in [1.29, 1.82) is 0 Å². The number of hydrogen-bond acceptors (Lipinski definition) is 2. The Morgan fingerprint density at radius 2 is 2.00 bits per heavy atom. The maximum Gasteiger partial charge on any atom is 0.314 e. The largest absolute Gasteiger partial charge is 0.497 e. The molecule has 4 heteroatoms. The first-order chi connectivity index (χ1) is 7.26. The van der Waals surface area contributed by atoms with Gasteiger partial charge in [0.15, 0.2) is 0 Å². The highest BCUT2D eigenvalue weighted by atomic mass is 16.5. The van der Waals surface area contributed by atoms with E-state index in [9.17, 15) is 4.79 Å². The lowest BCUT2D eigenvalue weighted by atomic mass is 10.1. The third kappa shape index (κ3) is 3.89. The van der Waals surface area contributed by atoms with Gasteiger partial charge in [0.1, 0.15) is 5.75 Å². The van der Waals surface area contributed by atoms with Gasteiger partial charge in [0.2, 0.25) is 0 Å². The molecule has 4 nitrogen and oxygen atoms in total. The van der Waals surface area contributed by atoms with E-state index in [2.05, 4.69) is 10.6 Å². The molecule has 0 atom stereocenters. The van der Waals surface area contributed by atoms with Crippen molar-refractivity contribution in [3.05, 3.63) is 29.8 Å². The Bertz CT molecular complexity index is 309. The molecule has 82 valence electrons. The van der Waals surface area contributed by atoms with Crippen LogP contribution in [0.15, 0.2) is 24.3 Å². The van der Waals surface area contributed by atoms with E-state index >= 15 is 0 Å². The van der Waals surface area contributed by atoms with Crippen LogP contribution < -0.4 is 15.4 Å². The Labute approximate surface area is 89.6 Å². The average molecular weight is 208 g/mol. The molecule has 1 aromatic carbocycles. The molecular formula is C11H16N2O2. The monoisotopic (exact) mass is 208 g/mol. The van der Waals surface area contributed by atoms with Gasteiger partial charge in [0, 0.05) is 13.6 Å². The molecule has 0 bridgehead atoms. The molecule has 15 heavy (non-hydrogen) atoms. The number of amides is 2. The van der Waals surface area contributed by atoms with Crippen molar-refractivity contribution >= 4 is 6.03 Å². The summed E-state index contributed by atoms with van der Waals surface area (Å²) in [5.41, 5.74) is 1.17. The van der Waals surface area contributed by atoms with Crippen molar-refractivity contribution in [1.82, 2.24) is 10.6 Å². The third-order valence-corrected chi connectivity index (χ3v) is 2.09. The van der Waals surface area contributed by atoms with Gasteiger partial charge in [0.25, 0.3) is 0 Å². The normalized spacial score (nSPS) is 9.47. The molecule has 1 aromatic rings. The first-order valence-corrected chi connectivity index (χ1v) is 4.84. The zero-order valence-corrected chi connectivity index (χ0v) is 9.04. The summed E-state index contributed by atoms with van der Waals surface area (Å²) in [5.74, 6) is 0.845. The van der Waals surface area contributed by atoms with Crippen molar-refractivity contribution < 1.29 is 9.53 Å². The molecule has 0 radical (unpaired) electrons. The summed E-state index contributed by atoms with van der Waals surface area (Å²) in [4.78, 5) is 10.9. The van der Waals surface area contributed by atoms with E-state index in [-0.39, 0.29) is 6.03 Å². The van der Waals surface area contributed by atoms with Crippen LogP contribution in [0.5, 0.6) is 5.75 Å². The summed E-state index contributed by atoms with van der Waals surface area (Å²) in [5, 5.41) is 5.23. The highest BCUT2D eigenvalue weighted by Crippen LogP contribution is 2.11. The fourth-order valence-corrected chi connectivity index (χ4v) is 1.20. The fourth-order valence-electron chi connectivity index (χ4n) is 1.20. The Kier molecular flexibility index (Phi) is 4.47. The van der Waals surface area contributed by atoms with Crippen molar-refractivity contribution in [3.63, 3.8) is 0 Å². The van der Waals surface area contributed by atoms with Crippen LogP contribution >= 0.6 is 0 Å². The van der Waals surface area contributed by atoms with E-state index in [0.29, 0.717) is 6.54 Å². The minimum absolute atomic E-state index is 0.150. The molecule has 0 fully saturated rings. The number of hydrogen-bond donors (Lipinski definition) is 2. The number of carbonyl (C=O) groups excluding carboxylic acids is 1. The Balaban J connectivity index is 2.34. The molecule has 2 N–H and O–H groups in total. The van der Waals surface area contributed by atoms with Gasteiger partial charge in [-0.25, -0.2) is 4.79 Å². The number of methoxy groups -OCH3 is 1. The minimum Gasteiger partial charge on any atom is -0.497 e. The molecule has 0 saturated heterocycles. The lowest BCUT2D eigenvalue weighted by molar-refractivity contribution is 0.243. The molecule has 0 saturated carbocycles. The van der Waals surface area contributed by atoms with Gasteiger partial charge in [0.05, 0.1) is 7.11 Å². The molecule has 0 spiro atoms. The standard InChI is InChI=1S/C11H16N2O2/c1-12-11(14)13-8-7-9-3-5-10(15-2)6-4-9/h3-6H,7-8H2,1-2H3,(H2,12,13,14). The van der Waals surface area contributed by atoms with Crippen molar-refractivity contribution in [2.24, 2.45) is 0 Å². The second-order valence-corrected chi connectivity index (χ2v) is 3.10. The number of rotatable bonds is 4. The van der Waals surface area contributed by atoms with Crippen molar-refractivity contribution in [3.8, 4) is 5.75 Å². The van der Waals surface area contributed by atoms with Crippen LogP contribution in [0.4, 0.5) is 4.79 Å². The maximum atomic E-state index is 10.9. The summed E-state index contributed by atoms with van der Waals surface area (Å²) in [6.45, 7) is 0.631. The minimum atomic E-state index is -0.150. The molecule has 1 rings (SSSR count). The molecule has 0 aliphatic heterocycles. The SMILES string of the molecule is CNC(=O)NCCc1ccc(OC)cc1. The lowest BCUT2D eigenvalue weighted by Gasteiger charge is -2.05. The topological polar surface area (TPSA) is 50.4 Å². The number of carbonyl (C=O) groups is 1. The van der Waals surface area contributed by atoms with E-state index in [1.807, 2.05) is 24.3 Å². The van der Waals surface area contributed by atoms with Crippen molar-refractivity contribution in [2.45, 2.75) is 6.42 Å². The number of ether oxygens (including phenoxy) is 1. The van der Waals surface area contributed by atoms with Crippen LogP contribution in [0.2, 0.25) is 0 Å². The molecule has 0 aromatic heterocycles. The van der Waals surface area contributed by atoms with Gasteiger partial charge in [-0.05, 0) is 24.1 Å².